The molecular formula is C27H25F5N2O. The standard InChI is InChI=1S/C27H25F5N2O/c28-21-12-10-18(11-13-21)24(17-6-2-1-3-7-17)25(34-26(35)33-23-8-4-5-9-23)19-14-20(27(30,31)32)16-22(29)15-19/h1-3,6-7,10-16,23-25H,4-5,8-9H2,(H2,33,34,35). The van der Waals surface area contributed by atoms with E-state index in [2.05, 4.69) is 10.6 Å². The van der Waals surface area contributed by atoms with Crippen molar-refractivity contribution < 1.29 is 26.7 Å². The summed E-state index contributed by atoms with van der Waals surface area (Å²) in [7, 11) is 0. The second-order valence-electron chi connectivity index (χ2n) is 8.79. The summed E-state index contributed by atoms with van der Waals surface area (Å²) >= 11 is 0. The van der Waals surface area contributed by atoms with Crippen molar-refractivity contribution in [2.75, 3.05) is 0 Å². The van der Waals surface area contributed by atoms with E-state index in [0.717, 1.165) is 37.8 Å². The molecule has 2 amide bonds. The lowest BCUT2D eigenvalue weighted by molar-refractivity contribution is -0.137. The van der Waals surface area contributed by atoms with Gasteiger partial charge in [0.1, 0.15) is 11.6 Å². The number of halogens is 5. The van der Waals surface area contributed by atoms with E-state index in [9.17, 15) is 26.7 Å². The highest BCUT2D eigenvalue weighted by Crippen LogP contribution is 2.39. The van der Waals surface area contributed by atoms with Crippen LogP contribution in [0.5, 0.6) is 0 Å². The number of urea groups is 1. The van der Waals surface area contributed by atoms with Gasteiger partial charge < -0.3 is 10.6 Å². The molecule has 0 bridgehead atoms. The van der Waals surface area contributed by atoms with E-state index >= 15 is 0 Å². The summed E-state index contributed by atoms with van der Waals surface area (Å²) in [5, 5.41) is 5.68. The van der Waals surface area contributed by atoms with Crippen LogP contribution < -0.4 is 10.6 Å². The van der Waals surface area contributed by atoms with Gasteiger partial charge in [-0.2, -0.15) is 13.2 Å². The molecule has 1 aliphatic carbocycles. The molecule has 2 atom stereocenters. The van der Waals surface area contributed by atoms with Crippen molar-refractivity contribution in [2.24, 2.45) is 0 Å². The Morgan fingerprint density at radius 3 is 2.06 bits per heavy atom. The molecule has 0 radical (unpaired) electrons. The molecule has 4 rings (SSSR count). The molecule has 35 heavy (non-hydrogen) atoms. The second kappa shape index (κ2) is 10.5. The first-order valence-corrected chi connectivity index (χ1v) is 11.5. The molecule has 8 heteroatoms. The van der Waals surface area contributed by atoms with Crippen LogP contribution in [0.1, 0.15) is 59.9 Å². The van der Waals surface area contributed by atoms with Gasteiger partial charge in [0.05, 0.1) is 11.6 Å². The second-order valence-corrected chi connectivity index (χ2v) is 8.79. The predicted octanol–water partition coefficient (Wildman–Crippen LogP) is 7.10. The molecule has 1 saturated carbocycles. The van der Waals surface area contributed by atoms with E-state index in [-0.39, 0.29) is 11.6 Å². The summed E-state index contributed by atoms with van der Waals surface area (Å²) in [6, 6.07) is 15.0. The topological polar surface area (TPSA) is 41.1 Å². The smallest absolute Gasteiger partial charge is 0.335 e. The van der Waals surface area contributed by atoms with Crippen molar-refractivity contribution in [3.63, 3.8) is 0 Å². The molecule has 0 saturated heterocycles. The number of benzene rings is 3. The Morgan fingerprint density at radius 1 is 0.800 bits per heavy atom. The van der Waals surface area contributed by atoms with Gasteiger partial charge in [-0.25, -0.2) is 13.6 Å². The fourth-order valence-electron chi connectivity index (χ4n) is 4.66. The van der Waals surface area contributed by atoms with Crippen molar-refractivity contribution in [3.8, 4) is 0 Å². The minimum absolute atomic E-state index is 0.0325. The first kappa shape index (κ1) is 24.7. The number of alkyl halides is 3. The Hall–Kier alpha value is -3.42. The lowest BCUT2D eigenvalue weighted by atomic mass is 9.81. The Kier molecular flexibility index (Phi) is 7.38. The van der Waals surface area contributed by atoms with Gasteiger partial charge in [0, 0.05) is 12.0 Å². The molecule has 0 aliphatic heterocycles. The summed E-state index contributed by atoms with van der Waals surface area (Å²) in [5.41, 5.74) is 0.0307. The predicted molar refractivity (Wildman–Crippen MR) is 123 cm³/mol. The maximum atomic E-state index is 14.4. The Labute approximate surface area is 200 Å². The van der Waals surface area contributed by atoms with E-state index in [1.165, 1.54) is 24.3 Å². The van der Waals surface area contributed by atoms with E-state index in [0.29, 0.717) is 17.2 Å². The maximum absolute atomic E-state index is 14.4. The Bertz CT molecular complexity index is 1140. The molecule has 3 nitrogen and oxygen atoms in total. The molecule has 0 heterocycles. The van der Waals surface area contributed by atoms with Crippen molar-refractivity contribution in [3.05, 3.63) is 107 Å². The first-order chi connectivity index (χ1) is 16.7. The number of hydrogen-bond donors (Lipinski definition) is 2. The molecular weight excluding hydrogens is 463 g/mol. The van der Waals surface area contributed by atoms with Crippen molar-refractivity contribution in [2.45, 2.75) is 49.9 Å². The monoisotopic (exact) mass is 488 g/mol. The largest absolute Gasteiger partial charge is 0.416 e. The number of carbonyl (C=O) groups excluding carboxylic acids is 1. The van der Waals surface area contributed by atoms with Crippen LogP contribution in [-0.2, 0) is 6.18 Å². The fraction of sp³-hybridized carbons (Fsp3) is 0.296. The third-order valence-electron chi connectivity index (χ3n) is 6.30. The van der Waals surface area contributed by atoms with Gasteiger partial charge in [0.2, 0.25) is 0 Å². The normalized spacial score (nSPS) is 16.0. The lowest BCUT2D eigenvalue weighted by Crippen LogP contribution is -2.44. The quantitative estimate of drug-likeness (QED) is 0.357. The van der Waals surface area contributed by atoms with Gasteiger partial charge in [-0.05, 0) is 59.9 Å². The van der Waals surface area contributed by atoms with E-state index in [1.54, 1.807) is 30.3 Å². The zero-order chi connectivity index (χ0) is 25.0. The van der Waals surface area contributed by atoms with Crippen LogP contribution in [0.2, 0.25) is 0 Å². The highest BCUT2D eigenvalue weighted by molar-refractivity contribution is 5.75. The molecule has 0 spiro atoms. The summed E-state index contributed by atoms with van der Waals surface area (Å²) in [6.07, 6.45) is -1.18. The summed E-state index contributed by atoms with van der Waals surface area (Å²) in [6.45, 7) is 0. The average molecular weight is 489 g/mol. The van der Waals surface area contributed by atoms with Crippen LogP contribution in [0, 0.1) is 11.6 Å². The Balaban J connectivity index is 1.81. The zero-order valence-electron chi connectivity index (χ0n) is 18.8. The highest BCUT2D eigenvalue weighted by atomic mass is 19.4. The average Bonchev–Trinajstić information content (AvgIpc) is 3.32. The van der Waals surface area contributed by atoms with Gasteiger partial charge in [0.25, 0.3) is 0 Å². The molecule has 3 aromatic rings. The number of amides is 2. The molecule has 2 unspecified atom stereocenters. The molecule has 1 aliphatic rings. The first-order valence-electron chi connectivity index (χ1n) is 11.5. The van der Waals surface area contributed by atoms with Gasteiger partial charge >= 0.3 is 12.2 Å². The van der Waals surface area contributed by atoms with Crippen molar-refractivity contribution >= 4 is 6.03 Å². The molecule has 1 fully saturated rings. The van der Waals surface area contributed by atoms with Crippen molar-refractivity contribution in [1.29, 1.82) is 0 Å². The maximum Gasteiger partial charge on any atom is 0.416 e. The van der Waals surface area contributed by atoms with Crippen LogP contribution in [0.3, 0.4) is 0 Å². The molecule has 0 aromatic heterocycles. The number of carbonyl (C=O) groups is 1. The van der Waals surface area contributed by atoms with Crippen LogP contribution >= 0.6 is 0 Å². The van der Waals surface area contributed by atoms with Crippen LogP contribution in [-0.4, -0.2) is 12.1 Å². The van der Waals surface area contributed by atoms with Crippen LogP contribution in [0.15, 0.2) is 72.8 Å². The van der Waals surface area contributed by atoms with E-state index < -0.39 is 41.4 Å². The number of hydrogen-bond acceptors (Lipinski definition) is 1. The lowest BCUT2D eigenvalue weighted by Gasteiger charge is -2.30. The summed E-state index contributed by atoms with van der Waals surface area (Å²) < 4.78 is 68.7. The highest BCUT2D eigenvalue weighted by Gasteiger charge is 2.35. The zero-order valence-corrected chi connectivity index (χ0v) is 18.8. The summed E-state index contributed by atoms with van der Waals surface area (Å²) in [5.74, 6) is -2.26. The number of rotatable bonds is 6. The third-order valence-corrected chi connectivity index (χ3v) is 6.30. The van der Waals surface area contributed by atoms with E-state index in [4.69, 9.17) is 0 Å². The van der Waals surface area contributed by atoms with Gasteiger partial charge in [-0.3, -0.25) is 0 Å². The van der Waals surface area contributed by atoms with Gasteiger partial charge in [-0.15, -0.1) is 0 Å². The number of nitrogens with one attached hydrogen (secondary N) is 2. The summed E-state index contributed by atoms with van der Waals surface area (Å²) in [4.78, 5) is 13.0. The minimum Gasteiger partial charge on any atom is -0.335 e. The van der Waals surface area contributed by atoms with Crippen LogP contribution in [0.4, 0.5) is 26.7 Å². The van der Waals surface area contributed by atoms with E-state index in [1.807, 2.05) is 0 Å². The molecule has 3 aromatic carbocycles. The van der Waals surface area contributed by atoms with Gasteiger partial charge in [0.15, 0.2) is 0 Å². The molecule has 2 N–H and O–H groups in total. The van der Waals surface area contributed by atoms with Crippen LogP contribution in [0.25, 0.3) is 0 Å². The Morgan fingerprint density at radius 2 is 1.43 bits per heavy atom. The third kappa shape index (κ3) is 6.18. The van der Waals surface area contributed by atoms with Gasteiger partial charge in [-0.1, -0.05) is 55.3 Å². The fourth-order valence-corrected chi connectivity index (χ4v) is 4.66. The van der Waals surface area contributed by atoms with Crippen molar-refractivity contribution in [1.82, 2.24) is 10.6 Å². The minimum atomic E-state index is -4.77. The SMILES string of the molecule is O=C(NC1CCCC1)NC(c1cc(F)cc(C(F)(F)F)c1)C(c1ccccc1)c1ccc(F)cc1. The molecule has 184 valence electrons.